The summed E-state index contributed by atoms with van der Waals surface area (Å²) in [6.45, 7) is 2.82. The molecule has 1 N–H and O–H groups in total. The van der Waals surface area contributed by atoms with Crippen molar-refractivity contribution in [2.75, 3.05) is 19.6 Å². The molecule has 124 valence electrons. The Morgan fingerprint density at radius 1 is 1.30 bits per heavy atom. The van der Waals surface area contributed by atoms with E-state index in [9.17, 15) is 14.4 Å². The number of aryl methyl sites for hydroxylation is 1. The van der Waals surface area contributed by atoms with Crippen LogP contribution < -0.4 is 5.32 Å². The van der Waals surface area contributed by atoms with Gasteiger partial charge in [0, 0.05) is 19.6 Å². The Hall–Kier alpha value is -1.59. The average molecular weight is 357 g/mol. The maximum Gasteiger partial charge on any atom is 0.290 e. The lowest BCUT2D eigenvalue weighted by molar-refractivity contribution is -0.142. The molecule has 7 heteroatoms. The lowest BCUT2D eigenvalue weighted by Gasteiger charge is -2.12. The zero-order valence-electron chi connectivity index (χ0n) is 12.8. The van der Waals surface area contributed by atoms with Gasteiger partial charge in [0.05, 0.1) is 10.0 Å². The van der Waals surface area contributed by atoms with E-state index in [0.717, 1.165) is 12.0 Å². The molecule has 1 aromatic rings. The number of carbonyl (C=O) groups excluding carboxylic acids is 3. The summed E-state index contributed by atoms with van der Waals surface area (Å²) in [6.07, 6.45) is 1.44. The summed E-state index contributed by atoms with van der Waals surface area (Å²) < 4.78 is 0. The number of benzene rings is 1. The number of halogens is 2. The highest BCUT2D eigenvalue weighted by Crippen LogP contribution is 2.23. The molecule has 5 nitrogen and oxygen atoms in total. The molecule has 1 heterocycles. The van der Waals surface area contributed by atoms with Crippen molar-refractivity contribution in [1.29, 1.82) is 0 Å². The van der Waals surface area contributed by atoms with Gasteiger partial charge >= 0.3 is 0 Å². The maximum atomic E-state index is 12.0. The van der Waals surface area contributed by atoms with Crippen molar-refractivity contribution in [3.05, 3.63) is 33.8 Å². The first-order valence-electron chi connectivity index (χ1n) is 7.48. The Bertz CT molecular complexity index is 634. The van der Waals surface area contributed by atoms with Gasteiger partial charge in [-0.25, -0.2) is 0 Å². The maximum absolute atomic E-state index is 12.0. The Kier molecular flexibility index (Phi) is 6.02. The summed E-state index contributed by atoms with van der Waals surface area (Å²) in [5, 5.41) is 3.73. The van der Waals surface area contributed by atoms with Gasteiger partial charge in [-0.1, -0.05) is 29.3 Å². The molecule has 2 amide bonds. The average Bonchev–Trinajstić information content (AvgIpc) is 2.82. The van der Waals surface area contributed by atoms with E-state index in [1.165, 1.54) is 4.90 Å². The smallest absolute Gasteiger partial charge is 0.290 e. The molecule has 0 radical (unpaired) electrons. The monoisotopic (exact) mass is 356 g/mol. The number of Topliss-reactive ketones (excluding diaryl/α,β-unsaturated/α-hetero) is 1. The van der Waals surface area contributed by atoms with Crippen LogP contribution in [0.4, 0.5) is 0 Å². The highest BCUT2D eigenvalue weighted by molar-refractivity contribution is 6.42. The minimum Gasteiger partial charge on any atom is -0.355 e. The fraction of sp³-hybridized carbons (Fsp3) is 0.438. The van der Waals surface area contributed by atoms with Gasteiger partial charge in [0.25, 0.3) is 5.91 Å². The second kappa shape index (κ2) is 7.79. The number of likely N-dealkylation sites (N-methyl/N-ethyl adjacent to an activating group) is 1. The van der Waals surface area contributed by atoms with Crippen LogP contribution in [0.15, 0.2) is 18.2 Å². The van der Waals surface area contributed by atoms with Gasteiger partial charge in [0.1, 0.15) is 5.92 Å². The molecule has 1 aliphatic heterocycles. The van der Waals surface area contributed by atoms with Crippen molar-refractivity contribution in [2.24, 2.45) is 5.92 Å². The lowest BCUT2D eigenvalue weighted by atomic mass is 10.1. The normalized spacial score (nSPS) is 17.7. The number of likely N-dealkylation sites (tertiary alicyclic amines) is 1. The van der Waals surface area contributed by atoms with Crippen LogP contribution in [0.2, 0.25) is 10.0 Å². The molecule has 1 fully saturated rings. The molecule has 0 aliphatic carbocycles. The standard InChI is InChI=1S/C16H18Cl2N2O3/c1-2-20-9-11(14(21)16(20)23)15(22)19-7-3-4-10-5-6-12(17)13(18)8-10/h5-6,8,11H,2-4,7,9H2,1H3,(H,19,22). The van der Waals surface area contributed by atoms with Crippen molar-refractivity contribution >= 4 is 40.8 Å². The minimum absolute atomic E-state index is 0.173. The lowest BCUT2D eigenvalue weighted by Crippen LogP contribution is -2.36. The first-order chi connectivity index (χ1) is 10.9. The van der Waals surface area contributed by atoms with Crippen molar-refractivity contribution in [2.45, 2.75) is 19.8 Å². The van der Waals surface area contributed by atoms with Crippen molar-refractivity contribution < 1.29 is 14.4 Å². The predicted octanol–water partition coefficient (Wildman–Crippen LogP) is 2.09. The minimum atomic E-state index is -0.882. The van der Waals surface area contributed by atoms with Crippen molar-refractivity contribution in [3.63, 3.8) is 0 Å². The zero-order chi connectivity index (χ0) is 17.0. The summed E-state index contributed by atoms with van der Waals surface area (Å²) in [5.74, 6) is -2.45. The summed E-state index contributed by atoms with van der Waals surface area (Å²) in [6, 6.07) is 5.41. The largest absolute Gasteiger partial charge is 0.355 e. The number of nitrogens with one attached hydrogen (secondary N) is 1. The SMILES string of the molecule is CCN1CC(C(=O)NCCCc2ccc(Cl)c(Cl)c2)C(=O)C1=O. The van der Waals surface area contributed by atoms with Gasteiger partial charge in [0.2, 0.25) is 11.7 Å². The molecular weight excluding hydrogens is 339 g/mol. The summed E-state index contributed by atoms with van der Waals surface area (Å²) in [7, 11) is 0. The van der Waals surface area contributed by atoms with Crippen molar-refractivity contribution in [1.82, 2.24) is 10.2 Å². The first-order valence-corrected chi connectivity index (χ1v) is 8.24. The Morgan fingerprint density at radius 2 is 2.04 bits per heavy atom. The van der Waals surface area contributed by atoms with E-state index in [2.05, 4.69) is 5.32 Å². The van der Waals surface area contributed by atoms with E-state index in [1.807, 2.05) is 6.07 Å². The van der Waals surface area contributed by atoms with Gasteiger partial charge in [0.15, 0.2) is 0 Å². The van der Waals surface area contributed by atoms with Crippen LogP contribution in [-0.2, 0) is 20.8 Å². The molecule has 1 saturated heterocycles. The first kappa shape index (κ1) is 17.8. The van der Waals surface area contributed by atoms with Crippen LogP contribution in [0.3, 0.4) is 0 Å². The van der Waals surface area contributed by atoms with Gasteiger partial charge in [-0.15, -0.1) is 0 Å². The molecule has 0 saturated carbocycles. The third-order valence-electron chi connectivity index (χ3n) is 3.84. The van der Waals surface area contributed by atoms with Crippen LogP contribution in [0, 0.1) is 5.92 Å². The van der Waals surface area contributed by atoms with E-state index < -0.39 is 17.6 Å². The number of hydrogen-bond donors (Lipinski definition) is 1. The van der Waals surface area contributed by atoms with Crippen LogP contribution in [0.1, 0.15) is 18.9 Å². The van der Waals surface area contributed by atoms with E-state index in [0.29, 0.717) is 29.6 Å². The molecule has 2 rings (SSSR count). The molecule has 0 bridgehead atoms. The van der Waals surface area contributed by atoms with E-state index in [1.54, 1.807) is 19.1 Å². The number of nitrogens with zero attached hydrogens (tertiary/aromatic N) is 1. The summed E-state index contributed by atoms with van der Waals surface area (Å²) in [4.78, 5) is 36.8. The zero-order valence-corrected chi connectivity index (χ0v) is 14.3. The van der Waals surface area contributed by atoms with E-state index >= 15 is 0 Å². The van der Waals surface area contributed by atoms with Gasteiger partial charge in [-0.05, 0) is 37.5 Å². The van der Waals surface area contributed by atoms with Crippen molar-refractivity contribution in [3.8, 4) is 0 Å². The predicted molar refractivity (Wildman–Crippen MR) is 88.5 cm³/mol. The molecule has 1 aromatic carbocycles. The number of carbonyl (C=O) groups is 3. The summed E-state index contributed by atoms with van der Waals surface area (Å²) in [5.41, 5.74) is 1.03. The fourth-order valence-corrected chi connectivity index (χ4v) is 2.81. The third-order valence-corrected chi connectivity index (χ3v) is 4.58. The van der Waals surface area contributed by atoms with Crippen LogP contribution in [0.5, 0.6) is 0 Å². The quantitative estimate of drug-likeness (QED) is 0.482. The molecular formula is C16H18Cl2N2O3. The van der Waals surface area contributed by atoms with Gasteiger partial charge < -0.3 is 10.2 Å². The molecule has 1 unspecified atom stereocenters. The Morgan fingerprint density at radius 3 is 2.65 bits per heavy atom. The third kappa shape index (κ3) is 4.24. The second-order valence-corrected chi connectivity index (χ2v) is 6.22. The number of rotatable bonds is 6. The molecule has 0 aromatic heterocycles. The highest BCUT2D eigenvalue weighted by atomic mass is 35.5. The Labute approximate surface area is 144 Å². The molecule has 0 spiro atoms. The Balaban J connectivity index is 1.78. The summed E-state index contributed by atoms with van der Waals surface area (Å²) >= 11 is 11.8. The highest BCUT2D eigenvalue weighted by Gasteiger charge is 2.42. The molecule has 1 atom stereocenters. The van der Waals surface area contributed by atoms with Crippen LogP contribution in [-0.4, -0.2) is 42.1 Å². The van der Waals surface area contributed by atoms with E-state index in [4.69, 9.17) is 23.2 Å². The van der Waals surface area contributed by atoms with Crippen LogP contribution >= 0.6 is 23.2 Å². The van der Waals surface area contributed by atoms with E-state index in [-0.39, 0.29) is 12.5 Å². The second-order valence-electron chi connectivity index (χ2n) is 5.40. The fourth-order valence-electron chi connectivity index (χ4n) is 2.49. The number of ketones is 1. The number of hydrogen-bond acceptors (Lipinski definition) is 3. The van der Waals surface area contributed by atoms with Gasteiger partial charge in [-0.2, -0.15) is 0 Å². The van der Waals surface area contributed by atoms with Gasteiger partial charge in [-0.3, -0.25) is 14.4 Å². The topological polar surface area (TPSA) is 66.5 Å². The molecule has 23 heavy (non-hydrogen) atoms. The molecule has 1 aliphatic rings. The number of amides is 2. The van der Waals surface area contributed by atoms with Crippen LogP contribution in [0.25, 0.3) is 0 Å².